The molecule has 2 amide bonds. The van der Waals surface area contributed by atoms with Crippen LogP contribution in [0.4, 0.5) is 5.69 Å². The van der Waals surface area contributed by atoms with Crippen molar-refractivity contribution >= 4 is 63.6 Å². The Morgan fingerprint density at radius 3 is 2.14 bits per heavy atom. The van der Waals surface area contributed by atoms with E-state index in [0.29, 0.717) is 19.7 Å². The van der Waals surface area contributed by atoms with Gasteiger partial charge >= 0.3 is 0 Å². The van der Waals surface area contributed by atoms with Crippen LogP contribution in [0.25, 0.3) is 0 Å². The second-order valence-corrected chi connectivity index (χ2v) is 8.59. The molecule has 1 atom stereocenters. The Balaban J connectivity index is 0.000000578. The Morgan fingerprint density at radius 1 is 1.24 bits per heavy atom. The summed E-state index contributed by atoms with van der Waals surface area (Å²) in [6, 6.07) is -0.0155. The molecule has 1 rings (SSSR count). The number of thiophene rings is 1. The van der Waals surface area contributed by atoms with Crippen LogP contribution in [0.2, 0.25) is 0 Å². The number of amides is 2. The molecule has 0 radical (unpaired) electrons. The van der Waals surface area contributed by atoms with Gasteiger partial charge in [-0.1, -0.05) is 35.4 Å². The van der Waals surface area contributed by atoms with Gasteiger partial charge in [-0.2, -0.15) is 0 Å². The molecule has 1 heterocycles. The molecule has 1 aromatic heterocycles. The quantitative estimate of drug-likeness (QED) is 0.349. The summed E-state index contributed by atoms with van der Waals surface area (Å²) in [6.07, 6.45) is 3.22. The van der Waals surface area contributed by atoms with Crippen molar-refractivity contribution in [3.05, 3.63) is 41.1 Å². The van der Waals surface area contributed by atoms with E-state index in [2.05, 4.69) is 18.5 Å². The average Bonchev–Trinajstić information content (AvgIpc) is 3.00. The molecule has 0 spiro atoms. The number of alkyl halides is 3. The van der Waals surface area contributed by atoms with Gasteiger partial charge in [-0.05, 0) is 31.7 Å². The summed E-state index contributed by atoms with van der Waals surface area (Å²) in [6.45, 7) is 14.4. The van der Waals surface area contributed by atoms with Crippen LogP contribution in [0.5, 0.6) is 0 Å². The lowest BCUT2D eigenvalue weighted by molar-refractivity contribution is -0.128. The molecule has 0 N–H and O–H groups in total. The van der Waals surface area contributed by atoms with E-state index < -0.39 is 4.84 Å². The summed E-state index contributed by atoms with van der Waals surface area (Å²) in [4.78, 5) is 26.5. The fourth-order valence-corrected chi connectivity index (χ4v) is 3.84. The summed E-state index contributed by atoms with van der Waals surface area (Å²) >= 11 is 18.1. The molecular formula is C20H29Cl3N2O3S. The molecular weight excluding hydrogens is 455 g/mol. The Morgan fingerprint density at radius 2 is 1.79 bits per heavy atom. The van der Waals surface area contributed by atoms with Crippen molar-refractivity contribution in [1.29, 1.82) is 0 Å². The van der Waals surface area contributed by atoms with Crippen LogP contribution in [0.3, 0.4) is 0 Å². The van der Waals surface area contributed by atoms with E-state index in [9.17, 15) is 9.59 Å². The average molecular weight is 484 g/mol. The highest BCUT2D eigenvalue weighted by molar-refractivity contribution is 7.10. The topological polar surface area (TPSA) is 49.9 Å². The zero-order valence-electron chi connectivity index (χ0n) is 17.3. The zero-order valence-corrected chi connectivity index (χ0v) is 20.4. The molecule has 0 aliphatic carbocycles. The third-order valence-corrected chi connectivity index (χ3v) is 5.41. The standard InChI is InChI=1S/C12H18ClNO2S.C8H11Cl2NO/c1-8-7-17-10(3)12(8)14(11(15)5-13)9(2)6-16-4;1-3-5-11(6-4-2)8(12)7(9)10/h7,9H,5-6H2,1-4H3;3-4,7H,1-2,5-6H2/t9-;/m0./s1. The number of rotatable bonds is 10. The first-order valence-electron chi connectivity index (χ1n) is 8.86. The molecule has 0 unspecified atom stereocenters. The van der Waals surface area contributed by atoms with Crippen molar-refractivity contribution in [2.75, 3.05) is 37.6 Å². The van der Waals surface area contributed by atoms with E-state index in [0.717, 1.165) is 16.1 Å². The smallest absolute Gasteiger partial charge is 0.256 e. The molecule has 1 aromatic rings. The lowest BCUT2D eigenvalue weighted by Crippen LogP contribution is -2.42. The number of methoxy groups -OCH3 is 1. The number of aryl methyl sites for hydroxylation is 2. The molecule has 9 heteroatoms. The van der Waals surface area contributed by atoms with Crippen molar-refractivity contribution in [2.45, 2.75) is 31.6 Å². The lowest BCUT2D eigenvalue weighted by atomic mass is 10.2. The second-order valence-electron chi connectivity index (χ2n) is 6.15. The lowest BCUT2D eigenvalue weighted by Gasteiger charge is -2.29. The minimum atomic E-state index is -1.01. The number of carbonyl (C=O) groups excluding carboxylic acids is 2. The van der Waals surface area contributed by atoms with Crippen LogP contribution in [0, 0.1) is 13.8 Å². The molecule has 0 bridgehead atoms. The molecule has 0 saturated heterocycles. The van der Waals surface area contributed by atoms with Gasteiger partial charge in [0, 0.05) is 25.1 Å². The van der Waals surface area contributed by atoms with Gasteiger partial charge in [0.2, 0.25) is 5.91 Å². The summed E-state index contributed by atoms with van der Waals surface area (Å²) in [5.74, 6) is -0.415. The van der Waals surface area contributed by atoms with Crippen molar-refractivity contribution in [3.8, 4) is 0 Å². The monoisotopic (exact) mass is 482 g/mol. The van der Waals surface area contributed by atoms with Crippen LogP contribution in [0.1, 0.15) is 17.4 Å². The van der Waals surface area contributed by atoms with Crippen LogP contribution in [-0.2, 0) is 14.3 Å². The first kappa shape index (κ1) is 27.9. The Bertz CT molecular complexity index is 650. The van der Waals surface area contributed by atoms with Crippen LogP contribution >= 0.6 is 46.1 Å². The van der Waals surface area contributed by atoms with Gasteiger partial charge in [0.25, 0.3) is 5.91 Å². The molecule has 29 heavy (non-hydrogen) atoms. The van der Waals surface area contributed by atoms with E-state index in [1.54, 1.807) is 35.5 Å². The van der Waals surface area contributed by atoms with Gasteiger partial charge in [0.15, 0.2) is 4.84 Å². The fourth-order valence-electron chi connectivity index (χ4n) is 2.60. The van der Waals surface area contributed by atoms with Crippen molar-refractivity contribution in [1.82, 2.24) is 4.90 Å². The first-order valence-corrected chi connectivity index (χ1v) is 11.1. The van der Waals surface area contributed by atoms with Crippen LogP contribution in [-0.4, -0.2) is 60.3 Å². The molecule has 0 aromatic carbocycles. The highest BCUT2D eigenvalue weighted by Gasteiger charge is 2.25. The number of halogens is 3. The van der Waals surface area contributed by atoms with Gasteiger partial charge in [0.05, 0.1) is 18.3 Å². The highest BCUT2D eigenvalue weighted by Crippen LogP contribution is 2.32. The van der Waals surface area contributed by atoms with Gasteiger partial charge in [0.1, 0.15) is 5.88 Å². The minimum Gasteiger partial charge on any atom is -0.383 e. The maximum atomic E-state index is 12.0. The van der Waals surface area contributed by atoms with Gasteiger partial charge in [-0.3, -0.25) is 9.59 Å². The van der Waals surface area contributed by atoms with Crippen molar-refractivity contribution < 1.29 is 14.3 Å². The van der Waals surface area contributed by atoms with Crippen molar-refractivity contribution in [3.63, 3.8) is 0 Å². The van der Waals surface area contributed by atoms with E-state index in [1.807, 2.05) is 20.8 Å². The van der Waals surface area contributed by atoms with E-state index in [1.165, 1.54) is 4.90 Å². The minimum absolute atomic E-state index is 0.0111. The third-order valence-electron chi connectivity index (χ3n) is 3.79. The Kier molecular flexibility index (Phi) is 14.3. The predicted molar refractivity (Wildman–Crippen MR) is 126 cm³/mol. The zero-order chi connectivity index (χ0) is 22.6. The maximum absolute atomic E-state index is 12.0. The Labute approximate surface area is 192 Å². The number of hydrogen-bond donors (Lipinski definition) is 0. The number of anilines is 1. The number of nitrogens with zero attached hydrogens (tertiary/aromatic N) is 2. The van der Waals surface area contributed by atoms with E-state index >= 15 is 0 Å². The number of ether oxygens (including phenoxy) is 1. The van der Waals surface area contributed by atoms with Crippen LogP contribution in [0.15, 0.2) is 30.7 Å². The Hall–Kier alpha value is -1.05. The number of hydrogen-bond acceptors (Lipinski definition) is 4. The fraction of sp³-hybridized carbons (Fsp3) is 0.500. The molecule has 0 saturated carbocycles. The largest absolute Gasteiger partial charge is 0.383 e. The van der Waals surface area contributed by atoms with E-state index in [4.69, 9.17) is 39.5 Å². The molecule has 0 aliphatic rings. The highest BCUT2D eigenvalue weighted by atomic mass is 35.5. The van der Waals surface area contributed by atoms with Gasteiger partial charge in [-0.15, -0.1) is 36.1 Å². The molecule has 0 fully saturated rings. The SMILES string of the molecule is C=CCN(CC=C)C(=O)C(Cl)Cl.COC[C@H](C)N(C(=O)CCl)c1c(C)csc1C. The van der Waals surface area contributed by atoms with Gasteiger partial charge in [-0.25, -0.2) is 0 Å². The summed E-state index contributed by atoms with van der Waals surface area (Å²) in [5, 5.41) is 2.05. The molecule has 0 aliphatic heterocycles. The molecule has 164 valence electrons. The first-order chi connectivity index (χ1) is 13.7. The summed E-state index contributed by atoms with van der Waals surface area (Å²) in [7, 11) is 1.63. The molecule has 5 nitrogen and oxygen atoms in total. The predicted octanol–water partition coefficient (Wildman–Crippen LogP) is 4.96. The second kappa shape index (κ2) is 14.9. The van der Waals surface area contributed by atoms with Crippen LogP contribution < -0.4 is 4.90 Å². The van der Waals surface area contributed by atoms with Gasteiger partial charge < -0.3 is 14.5 Å². The summed E-state index contributed by atoms with van der Waals surface area (Å²) in [5.41, 5.74) is 2.08. The maximum Gasteiger partial charge on any atom is 0.256 e. The third kappa shape index (κ3) is 9.09. The number of carbonyl (C=O) groups is 2. The van der Waals surface area contributed by atoms with E-state index in [-0.39, 0.29) is 23.7 Å². The van der Waals surface area contributed by atoms with Crippen molar-refractivity contribution in [2.24, 2.45) is 0 Å². The normalized spacial score (nSPS) is 11.3. The summed E-state index contributed by atoms with van der Waals surface area (Å²) < 4.78 is 5.12.